The van der Waals surface area contributed by atoms with E-state index in [2.05, 4.69) is 62.9 Å². The third-order valence-electron chi connectivity index (χ3n) is 6.05. The van der Waals surface area contributed by atoms with E-state index in [1.54, 1.807) is 6.07 Å². The number of hydrogen-bond donors (Lipinski definition) is 0. The quantitative estimate of drug-likeness (QED) is 0.189. The third-order valence-corrected chi connectivity index (χ3v) is 6.05. The average molecular weight is 445 g/mol. The lowest BCUT2D eigenvalue weighted by Crippen LogP contribution is -2.08. The number of allylic oxidation sites excluding steroid dienone is 2. The minimum atomic E-state index is -0.183. The van der Waals surface area contributed by atoms with Crippen molar-refractivity contribution in [1.29, 1.82) is 0 Å². The van der Waals surface area contributed by atoms with Gasteiger partial charge in [-0.2, -0.15) is 0 Å². The molecule has 3 aromatic rings. The Bertz CT molecular complexity index is 1070. The zero-order chi connectivity index (χ0) is 23.5. The van der Waals surface area contributed by atoms with Crippen LogP contribution in [-0.4, -0.2) is 12.7 Å². The Balaban J connectivity index is 1.55. The number of rotatable bonds is 13. The van der Waals surface area contributed by atoms with E-state index in [9.17, 15) is 4.39 Å². The van der Waals surface area contributed by atoms with Crippen LogP contribution in [0.2, 0.25) is 0 Å². The van der Waals surface area contributed by atoms with E-state index in [4.69, 9.17) is 4.74 Å². The lowest BCUT2D eigenvalue weighted by Gasteiger charge is -2.12. The normalized spacial score (nSPS) is 12.5. The molecule has 3 aromatic carbocycles. The molecular weight excluding hydrogens is 407 g/mol. The fourth-order valence-electron chi connectivity index (χ4n) is 4.06. The van der Waals surface area contributed by atoms with Crippen molar-refractivity contribution >= 4 is 16.8 Å². The van der Waals surface area contributed by atoms with Crippen LogP contribution in [0.3, 0.4) is 0 Å². The first-order valence-corrected chi connectivity index (χ1v) is 12.3. The lowest BCUT2D eigenvalue weighted by molar-refractivity contribution is 0.0566. The van der Waals surface area contributed by atoms with Crippen molar-refractivity contribution in [1.82, 2.24) is 0 Å². The zero-order valence-electron chi connectivity index (χ0n) is 20.2. The molecule has 33 heavy (non-hydrogen) atoms. The van der Waals surface area contributed by atoms with Crippen LogP contribution in [-0.2, 0) is 11.2 Å². The molecule has 0 fully saturated rings. The second-order valence-corrected chi connectivity index (χ2v) is 8.85. The van der Waals surface area contributed by atoms with Crippen molar-refractivity contribution in [3.63, 3.8) is 0 Å². The van der Waals surface area contributed by atoms with Gasteiger partial charge in [-0.15, -0.1) is 6.58 Å². The number of unbranched alkanes of at least 4 members (excludes halogenated alkanes) is 3. The zero-order valence-corrected chi connectivity index (χ0v) is 20.2. The molecule has 0 amide bonds. The van der Waals surface area contributed by atoms with E-state index < -0.39 is 0 Å². The predicted molar refractivity (Wildman–Crippen MR) is 141 cm³/mol. The van der Waals surface area contributed by atoms with E-state index >= 15 is 0 Å². The molecule has 0 saturated heterocycles. The van der Waals surface area contributed by atoms with Crippen molar-refractivity contribution in [2.75, 3.05) is 6.61 Å². The minimum absolute atomic E-state index is 0.183. The summed E-state index contributed by atoms with van der Waals surface area (Å²) in [5.41, 5.74) is 3.82. The van der Waals surface area contributed by atoms with Crippen LogP contribution >= 0.6 is 0 Å². The molecule has 0 saturated carbocycles. The molecule has 0 bridgehead atoms. The van der Waals surface area contributed by atoms with Crippen LogP contribution in [0.5, 0.6) is 0 Å². The van der Waals surface area contributed by atoms with Gasteiger partial charge in [-0.25, -0.2) is 4.39 Å². The van der Waals surface area contributed by atoms with Crippen LogP contribution in [0.15, 0.2) is 73.3 Å². The van der Waals surface area contributed by atoms with Gasteiger partial charge in [0.1, 0.15) is 5.82 Å². The summed E-state index contributed by atoms with van der Waals surface area (Å²) in [6.07, 6.45) is 13.7. The minimum Gasteiger partial charge on any atom is -0.379 e. The summed E-state index contributed by atoms with van der Waals surface area (Å²) in [5.74, 6) is -0.183. The molecule has 3 rings (SSSR count). The van der Waals surface area contributed by atoms with E-state index in [0.29, 0.717) is 11.7 Å². The Hall–Kier alpha value is -2.71. The second kappa shape index (κ2) is 13.1. The Morgan fingerprint density at radius 2 is 1.70 bits per heavy atom. The summed E-state index contributed by atoms with van der Waals surface area (Å²) >= 11 is 0. The van der Waals surface area contributed by atoms with Crippen molar-refractivity contribution in [2.24, 2.45) is 0 Å². The number of ether oxygens (including phenoxy) is 1. The van der Waals surface area contributed by atoms with Crippen LogP contribution in [0.4, 0.5) is 4.39 Å². The number of hydrogen-bond acceptors (Lipinski definition) is 1. The third kappa shape index (κ3) is 7.68. The second-order valence-electron chi connectivity index (χ2n) is 8.85. The van der Waals surface area contributed by atoms with E-state index in [1.165, 1.54) is 23.8 Å². The highest BCUT2D eigenvalue weighted by atomic mass is 19.1. The van der Waals surface area contributed by atoms with Gasteiger partial charge in [0.25, 0.3) is 0 Å². The molecule has 0 heterocycles. The maximum Gasteiger partial charge on any atom is 0.131 e. The van der Waals surface area contributed by atoms with Gasteiger partial charge in [0.2, 0.25) is 0 Å². The molecule has 0 aliphatic heterocycles. The standard InChI is InChI=1S/C31H37FO/c1-4-6-10-20-33-24(3)12-8-7-9-13-26-16-17-30(23-31(26)32)29-19-18-27-21-25(11-5-2)14-15-28(27)22-29/h5,9,13-19,21-24H,2,4,6-8,10-12,20H2,1,3H3/b13-9+. The molecule has 1 atom stereocenters. The highest BCUT2D eigenvalue weighted by Crippen LogP contribution is 2.27. The highest BCUT2D eigenvalue weighted by molar-refractivity contribution is 5.88. The molecule has 1 unspecified atom stereocenters. The Labute approximate surface area is 199 Å². The van der Waals surface area contributed by atoms with Crippen molar-refractivity contribution < 1.29 is 9.13 Å². The molecule has 0 aliphatic rings. The van der Waals surface area contributed by atoms with E-state index in [-0.39, 0.29) is 5.82 Å². The summed E-state index contributed by atoms with van der Waals surface area (Å²) in [4.78, 5) is 0. The monoisotopic (exact) mass is 444 g/mol. The summed E-state index contributed by atoms with van der Waals surface area (Å²) in [5, 5.41) is 2.35. The van der Waals surface area contributed by atoms with Gasteiger partial charge >= 0.3 is 0 Å². The highest BCUT2D eigenvalue weighted by Gasteiger charge is 2.06. The Kier molecular flexibility index (Phi) is 9.90. The molecule has 0 radical (unpaired) electrons. The van der Waals surface area contributed by atoms with Gasteiger partial charge < -0.3 is 4.74 Å². The predicted octanol–water partition coefficient (Wildman–Crippen LogP) is 9.15. The van der Waals surface area contributed by atoms with Crippen LogP contribution in [0.25, 0.3) is 28.0 Å². The summed E-state index contributed by atoms with van der Waals surface area (Å²) < 4.78 is 20.6. The maximum atomic E-state index is 14.7. The van der Waals surface area contributed by atoms with Gasteiger partial charge in [0, 0.05) is 12.2 Å². The summed E-state index contributed by atoms with van der Waals surface area (Å²) in [7, 11) is 0. The molecule has 174 valence electrons. The Morgan fingerprint density at radius 3 is 2.48 bits per heavy atom. The fraction of sp³-hybridized carbons (Fsp3) is 0.355. The average Bonchev–Trinajstić information content (AvgIpc) is 2.82. The first-order chi connectivity index (χ1) is 16.1. The molecule has 0 aliphatic carbocycles. The van der Waals surface area contributed by atoms with Gasteiger partial charge in [-0.05, 0) is 78.6 Å². The largest absolute Gasteiger partial charge is 0.379 e. The van der Waals surface area contributed by atoms with E-state index in [0.717, 1.165) is 55.2 Å². The smallest absolute Gasteiger partial charge is 0.131 e. The van der Waals surface area contributed by atoms with Crippen molar-refractivity contribution in [3.8, 4) is 11.1 Å². The van der Waals surface area contributed by atoms with Gasteiger partial charge in [0.05, 0.1) is 6.10 Å². The topological polar surface area (TPSA) is 9.23 Å². The van der Waals surface area contributed by atoms with Gasteiger partial charge in [-0.1, -0.05) is 80.5 Å². The van der Waals surface area contributed by atoms with Crippen LogP contribution in [0, 0.1) is 5.82 Å². The van der Waals surface area contributed by atoms with Crippen molar-refractivity contribution in [3.05, 3.63) is 90.3 Å². The first-order valence-electron chi connectivity index (χ1n) is 12.3. The maximum absolute atomic E-state index is 14.7. The molecule has 1 nitrogen and oxygen atoms in total. The van der Waals surface area contributed by atoms with Crippen molar-refractivity contribution in [2.45, 2.75) is 64.9 Å². The number of halogens is 1. The van der Waals surface area contributed by atoms with Crippen LogP contribution < -0.4 is 0 Å². The van der Waals surface area contributed by atoms with E-state index in [1.807, 2.05) is 24.3 Å². The molecule has 0 N–H and O–H groups in total. The Morgan fingerprint density at radius 1 is 0.939 bits per heavy atom. The fourth-order valence-corrected chi connectivity index (χ4v) is 4.06. The number of benzene rings is 3. The van der Waals surface area contributed by atoms with Gasteiger partial charge in [0.15, 0.2) is 0 Å². The summed E-state index contributed by atoms with van der Waals surface area (Å²) in [6.45, 7) is 9.01. The lowest BCUT2D eigenvalue weighted by atomic mass is 9.98. The molecular formula is C31H37FO. The summed E-state index contributed by atoms with van der Waals surface area (Å²) in [6, 6.07) is 18.3. The SMILES string of the molecule is C=CCc1ccc2cc(-c3ccc(/C=C/CCCC(C)OCCCCC)c(F)c3)ccc2c1. The van der Waals surface area contributed by atoms with Gasteiger partial charge in [-0.3, -0.25) is 0 Å². The van der Waals surface area contributed by atoms with Crippen LogP contribution in [0.1, 0.15) is 63.5 Å². The first kappa shape index (κ1) is 24.9. The number of fused-ring (bicyclic) bond motifs is 1. The molecule has 0 aromatic heterocycles. The molecule has 2 heteroatoms. The molecule has 0 spiro atoms.